The molecule has 0 heterocycles. The van der Waals surface area contributed by atoms with E-state index in [0.717, 1.165) is 0 Å². The molecular weight excluding hydrogens is 323 g/mol. The highest BCUT2D eigenvalue weighted by atomic mass is 79.9. The van der Waals surface area contributed by atoms with Crippen LogP contribution in [0.15, 0.2) is 40.9 Å². The molecule has 0 aliphatic rings. The zero-order valence-electron chi connectivity index (χ0n) is 9.38. The number of carbonyl (C=O) groups excluding carboxylic acids is 1. The van der Waals surface area contributed by atoms with Crippen molar-refractivity contribution >= 4 is 27.5 Å². The first-order valence-electron chi connectivity index (χ1n) is 5.19. The number of anilines is 1. The standard InChI is InChI=1S/C13H7BrF3NO/c14-8-3-1-2-7(4-8)13(19)18-11-6-9(15)5-10(16)12(11)17/h1-6H,(H,18,19). The number of halogens is 4. The molecule has 0 atom stereocenters. The minimum atomic E-state index is -1.36. The van der Waals surface area contributed by atoms with E-state index < -0.39 is 29.0 Å². The number of hydrogen-bond donors (Lipinski definition) is 1. The molecule has 0 saturated carbocycles. The fourth-order valence-corrected chi connectivity index (χ4v) is 1.87. The van der Waals surface area contributed by atoms with Crippen LogP contribution in [0.2, 0.25) is 0 Å². The molecule has 1 N–H and O–H groups in total. The molecule has 2 aromatic carbocycles. The van der Waals surface area contributed by atoms with Crippen molar-refractivity contribution in [2.45, 2.75) is 0 Å². The van der Waals surface area contributed by atoms with Crippen LogP contribution in [-0.2, 0) is 0 Å². The first kappa shape index (κ1) is 13.6. The number of hydrogen-bond acceptors (Lipinski definition) is 1. The van der Waals surface area contributed by atoms with Crippen LogP contribution in [0.5, 0.6) is 0 Å². The number of rotatable bonds is 2. The van der Waals surface area contributed by atoms with E-state index >= 15 is 0 Å². The Labute approximate surface area is 115 Å². The van der Waals surface area contributed by atoms with Crippen molar-refractivity contribution in [3.05, 3.63) is 63.9 Å². The highest BCUT2D eigenvalue weighted by Gasteiger charge is 2.14. The maximum absolute atomic E-state index is 13.4. The third-order valence-electron chi connectivity index (χ3n) is 2.33. The summed E-state index contributed by atoms with van der Waals surface area (Å²) in [7, 11) is 0. The highest BCUT2D eigenvalue weighted by molar-refractivity contribution is 9.10. The largest absolute Gasteiger partial charge is 0.319 e. The molecule has 2 aromatic rings. The van der Waals surface area contributed by atoms with Crippen LogP contribution in [0.25, 0.3) is 0 Å². The van der Waals surface area contributed by atoms with Crippen LogP contribution >= 0.6 is 15.9 Å². The molecule has 6 heteroatoms. The van der Waals surface area contributed by atoms with Crippen molar-refractivity contribution in [3.8, 4) is 0 Å². The van der Waals surface area contributed by atoms with Gasteiger partial charge in [0.1, 0.15) is 5.82 Å². The first-order valence-corrected chi connectivity index (χ1v) is 5.98. The lowest BCUT2D eigenvalue weighted by Crippen LogP contribution is -2.13. The molecule has 0 fully saturated rings. The summed E-state index contributed by atoms with van der Waals surface area (Å²) in [5, 5.41) is 2.12. The van der Waals surface area contributed by atoms with Gasteiger partial charge in [-0.25, -0.2) is 13.2 Å². The van der Waals surface area contributed by atoms with Crippen LogP contribution in [0.4, 0.5) is 18.9 Å². The predicted octanol–water partition coefficient (Wildman–Crippen LogP) is 4.12. The number of amides is 1. The Bertz CT molecular complexity index is 646. The Hall–Kier alpha value is -1.82. The third-order valence-corrected chi connectivity index (χ3v) is 2.82. The van der Waals surface area contributed by atoms with E-state index in [4.69, 9.17) is 0 Å². The molecule has 0 unspecified atom stereocenters. The maximum Gasteiger partial charge on any atom is 0.255 e. The second-order valence-electron chi connectivity index (χ2n) is 3.71. The summed E-state index contributed by atoms with van der Waals surface area (Å²) in [6.07, 6.45) is 0. The second-order valence-corrected chi connectivity index (χ2v) is 4.63. The Balaban J connectivity index is 2.29. The Morgan fingerprint density at radius 1 is 1.11 bits per heavy atom. The quantitative estimate of drug-likeness (QED) is 0.825. The Morgan fingerprint density at radius 2 is 1.84 bits per heavy atom. The van der Waals surface area contributed by atoms with Gasteiger partial charge >= 0.3 is 0 Å². The lowest BCUT2D eigenvalue weighted by Gasteiger charge is -2.07. The zero-order valence-corrected chi connectivity index (χ0v) is 11.0. The summed E-state index contributed by atoms with van der Waals surface area (Å²) in [6.45, 7) is 0. The van der Waals surface area contributed by atoms with Gasteiger partial charge in [-0.1, -0.05) is 22.0 Å². The van der Waals surface area contributed by atoms with Gasteiger partial charge in [0.2, 0.25) is 0 Å². The molecule has 98 valence electrons. The Morgan fingerprint density at radius 3 is 2.53 bits per heavy atom. The number of carbonyl (C=O) groups is 1. The van der Waals surface area contributed by atoms with Gasteiger partial charge in [-0.05, 0) is 18.2 Å². The van der Waals surface area contributed by atoms with Crippen molar-refractivity contribution in [2.75, 3.05) is 5.32 Å². The first-order chi connectivity index (χ1) is 8.97. The minimum absolute atomic E-state index is 0.235. The highest BCUT2D eigenvalue weighted by Crippen LogP contribution is 2.20. The van der Waals surface area contributed by atoms with Gasteiger partial charge in [-0.2, -0.15) is 0 Å². The molecule has 0 aliphatic carbocycles. The van der Waals surface area contributed by atoms with Gasteiger partial charge in [-0.15, -0.1) is 0 Å². The van der Waals surface area contributed by atoms with Crippen LogP contribution in [-0.4, -0.2) is 5.91 Å². The van der Waals surface area contributed by atoms with Crippen LogP contribution in [0, 0.1) is 17.5 Å². The predicted molar refractivity (Wildman–Crippen MR) is 68.4 cm³/mol. The van der Waals surface area contributed by atoms with Gasteiger partial charge in [0.05, 0.1) is 5.69 Å². The molecule has 0 aliphatic heterocycles. The minimum Gasteiger partial charge on any atom is -0.319 e. The summed E-state index contributed by atoms with van der Waals surface area (Å²) >= 11 is 3.18. The topological polar surface area (TPSA) is 29.1 Å². The molecule has 0 aromatic heterocycles. The van der Waals surface area contributed by atoms with Crippen molar-refractivity contribution in [1.29, 1.82) is 0 Å². The van der Waals surface area contributed by atoms with E-state index in [-0.39, 0.29) is 5.56 Å². The summed E-state index contributed by atoms with van der Waals surface area (Å²) in [5.74, 6) is -4.29. The van der Waals surface area contributed by atoms with Crippen molar-refractivity contribution in [3.63, 3.8) is 0 Å². The Kier molecular flexibility index (Phi) is 3.90. The van der Waals surface area contributed by atoms with Crippen LogP contribution in [0.1, 0.15) is 10.4 Å². The van der Waals surface area contributed by atoms with Gasteiger partial charge in [0.15, 0.2) is 11.6 Å². The molecule has 19 heavy (non-hydrogen) atoms. The molecule has 2 rings (SSSR count). The van der Waals surface area contributed by atoms with Crippen LogP contribution in [0.3, 0.4) is 0 Å². The molecule has 1 amide bonds. The monoisotopic (exact) mass is 329 g/mol. The molecule has 0 bridgehead atoms. The van der Waals surface area contributed by atoms with Gasteiger partial charge in [-0.3, -0.25) is 4.79 Å². The summed E-state index contributed by atoms with van der Waals surface area (Å²) in [6, 6.07) is 7.44. The van der Waals surface area contributed by atoms with E-state index in [2.05, 4.69) is 21.2 Å². The molecule has 0 radical (unpaired) electrons. The second kappa shape index (κ2) is 5.44. The molecule has 0 spiro atoms. The van der Waals surface area contributed by atoms with E-state index in [9.17, 15) is 18.0 Å². The maximum atomic E-state index is 13.4. The fraction of sp³-hybridized carbons (Fsp3) is 0. The molecular formula is C13H7BrF3NO. The number of nitrogens with one attached hydrogen (secondary N) is 1. The molecule has 0 saturated heterocycles. The summed E-state index contributed by atoms with van der Waals surface area (Å²) in [5.41, 5.74) is -0.305. The lowest BCUT2D eigenvalue weighted by atomic mass is 10.2. The van der Waals surface area contributed by atoms with Gasteiger partial charge in [0, 0.05) is 22.2 Å². The average Bonchev–Trinajstić information content (AvgIpc) is 2.35. The van der Waals surface area contributed by atoms with E-state index in [1.807, 2.05) is 0 Å². The summed E-state index contributed by atoms with van der Waals surface area (Å²) < 4.78 is 40.0. The van der Waals surface area contributed by atoms with E-state index in [1.54, 1.807) is 12.1 Å². The smallest absolute Gasteiger partial charge is 0.255 e. The zero-order chi connectivity index (χ0) is 14.0. The summed E-state index contributed by atoms with van der Waals surface area (Å²) in [4.78, 5) is 11.8. The van der Waals surface area contributed by atoms with Gasteiger partial charge in [0.25, 0.3) is 5.91 Å². The van der Waals surface area contributed by atoms with Crippen molar-refractivity contribution < 1.29 is 18.0 Å². The van der Waals surface area contributed by atoms with Crippen LogP contribution < -0.4 is 5.32 Å². The molecule has 2 nitrogen and oxygen atoms in total. The SMILES string of the molecule is O=C(Nc1cc(F)cc(F)c1F)c1cccc(Br)c1. The van der Waals surface area contributed by atoms with E-state index in [1.165, 1.54) is 12.1 Å². The normalized spacial score (nSPS) is 10.3. The fourth-order valence-electron chi connectivity index (χ4n) is 1.47. The van der Waals surface area contributed by atoms with Crippen molar-refractivity contribution in [1.82, 2.24) is 0 Å². The third kappa shape index (κ3) is 3.14. The average molecular weight is 330 g/mol. The van der Waals surface area contributed by atoms with Gasteiger partial charge < -0.3 is 5.32 Å². The van der Waals surface area contributed by atoms with Crippen molar-refractivity contribution in [2.24, 2.45) is 0 Å². The van der Waals surface area contributed by atoms with E-state index in [0.29, 0.717) is 16.6 Å². The number of benzene rings is 2. The lowest BCUT2D eigenvalue weighted by molar-refractivity contribution is 0.102.